The first-order valence-corrected chi connectivity index (χ1v) is 16.5. The molecular weight excluding hydrogens is 594 g/mol. The molecule has 0 saturated heterocycles. The number of para-hydroxylation sites is 2. The summed E-state index contributed by atoms with van der Waals surface area (Å²) in [7, 11) is 2.06. The maximum atomic E-state index is 13.5. The van der Waals surface area contributed by atoms with Crippen molar-refractivity contribution in [2.45, 2.75) is 71.1 Å². The number of unbranched alkanes of at least 4 members (excludes halogenated alkanes) is 2. The fraction of sp³-hybridized carbons (Fsp3) is 0.432. The topological polar surface area (TPSA) is 137 Å². The van der Waals surface area contributed by atoms with Gasteiger partial charge in [0, 0.05) is 49.6 Å². The van der Waals surface area contributed by atoms with Gasteiger partial charge < -0.3 is 31.1 Å². The second-order valence-electron chi connectivity index (χ2n) is 12.6. The molecule has 1 aliphatic rings. The lowest BCUT2D eigenvalue weighted by Gasteiger charge is -2.34. The van der Waals surface area contributed by atoms with Crippen LogP contribution in [0.25, 0.3) is 0 Å². The van der Waals surface area contributed by atoms with Gasteiger partial charge in [-0.15, -0.1) is 0 Å². The van der Waals surface area contributed by atoms with Crippen LogP contribution in [0.2, 0.25) is 0 Å². The van der Waals surface area contributed by atoms with Gasteiger partial charge in [-0.25, -0.2) is 0 Å². The summed E-state index contributed by atoms with van der Waals surface area (Å²) in [6.45, 7) is 5.67. The molecule has 0 aliphatic carbocycles. The summed E-state index contributed by atoms with van der Waals surface area (Å²) in [5, 5.41) is 15.7. The first kappa shape index (κ1) is 35.4. The van der Waals surface area contributed by atoms with E-state index in [1.165, 1.54) is 5.56 Å². The summed E-state index contributed by atoms with van der Waals surface area (Å²) in [4.78, 5) is 42.5. The predicted molar refractivity (Wildman–Crippen MR) is 186 cm³/mol. The van der Waals surface area contributed by atoms with Crippen molar-refractivity contribution in [3.8, 4) is 5.75 Å². The second-order valence-corrected chi connectivity index (χ2v) is 12.6. The molecule has 0 fully saturated rings. The lowest BCUT2D eigenvalue weighted by molar-refractivity contribution is -0.134. The highest BCUT2D eigenvalue weighted by atomic mass is 16.5. The van der Waals surface area contributed by atoms with Crippen LogP contribution in [-0.2, 0) is 27.3 Å². The fourth-order valence-electron chi connectivity index (χ4n) is 5.79. The van der Waals surface area contributed by atoms with E-state index in [1.807, 2.05) is 55.5 Å². The van der Waals surface area contributed by atoms with Crippen LogP contribution in [-0.4, -0.2) is 71.5 Å². The third kappa shape index (κ3) is 10.8. The number of benzene rings is 3. The van der Waals surface area contributed by atoms with Crippen LogP contribution in [0, 0.1) is 5.92 Å². The largest absolute Gasteiger partial charge is 0.488 e. The van der Waals surface area contributed by atoms with Crippen LogP contribution in [0.1, 0.15) is 57.1 Å². The molecule has 1 heterocycles. The number of hydrogen-bond acceptors (Lipinski definition) is 7. The number of likely N-dealkylation sites (N-methyl/N-ethyl adjacent to an activating group) is 1. The summed E-state index contributed by atoms with van der Waals surface area (Å²) < 4.78 is 6.63. The zero-order chi connectivity index (χ0) is 33.8. The smallest absolute Gasteiger partial charge is 0.227 e. The van der Waals surface area contributed by atoms with Crippen LogP contribution in [0.5, 0.6) is 5.75 Å². The molecule has 3 aromatic rings. The van der Waals surface area contributed by atoms with Crippen molar-refractivity contribution in [2.75, 3.05) is 43.1 Å². The molecule has 1 aliphatic heterocycles. The molecule has 0 bridgehead atoms. The number of nitrogen functional groups attached to an aromatic ring is 1. The molecule has 0 aromatic heterocycles. The molecule has 5 N–H and O–H groups in total. The molecule has 3 amide bonds. The van der Waals surface area contributed by atoms with Crippen molar-refractivity contribution < 1.29 is 24.2 Å². The molecule has 4 rings (SSSR count). The minimum atomic E-state index is -0.334. The number of nitrogens with zero attached hydrogens (tertiary/aromatic N) is 2. The quantitative estimate of drug-likeness (QED) is 0.142. The van der Waals surface area contributed by atoms with Gasteiger partial charge in [0.1, 0.15) is 11.9 Å². The number of nitrogens with two attached hydrogens (primary N) is 1. The van der Waals surface area contributed by atoms with Crippen LogP contribution >= 0.6 is 0 Å². The lowest BCUT2D eigenvalue weighted by atomic mass is 10.0. The van der Waals surface area contributed by atoms with E-state index < -0.39 is 0 Å². The number of rotatable bonds is 14. The Morgan fingerprint density at radius 2 is 1.68 bits per heavy atom. The molecule has 0 unspecified atom stereocenters. The summed E-state index contributed by atoms with van der Waals surface area (Å²) in [6, 6.07) is 22.5. The van der Waals surface area contributed by atoms with Gasteiger partial charge in [0.05, 0.1) is 30.4 Å². The maximum Gasteiger partial charge on any atom is 0.227 e. The fourth-order valence-corrected chi connectivity index (χ4v) is 5.79. The monoisotopic (exact) mass is 643 g/mol. The standard InChI is InChI=1S/C37H49N5O5/c1-26-22-42(27(2)25-43)37(46)21-29-20-30(18-19-33(29)47-34(26)24-41(3)23-28-12-6-4-7-13-28)39-35(44)16-8-5-9-17-36(45)40-32-15-11-10-14-31(32)38/h4,6-7,10-15,18-20,26-27,34,43H,5,8-9,16-17,21-25,38H2,1-3H3,(H,39,44)(H,40,45)/t26-,27-,34-/m0/s1. The van der Waals surface area contributed by atoms with Crippen molar-refractivity contribution in [1.29, 1.82) is 0 Å². The number of nitrogens with one attached hydrogen (secondary N) is 2. The number of amides is 3. The number of fused-ring (bicyclic) bond motifs is 1. The summed E-state index contributed by atoms with van der Waals surface area (Å²) in [5.41, 5.74) is 9.51. The van der Waals surface area contributed by atoms with E-state index in [4.69, 9.17) is 10.5 Å². The first-order valence-electron chi connectivity index (χ1n) is 16.5. The minimum absolute atomic E-state index is 0.000880. The molecule has 47 heavy (non-hydrogen) atoms. The average molecular weight is 644 g/mol. The number of ether oxygens (including phenoxy) is 1. The average Bonchev–Trinajstić information content (AvgIpc) is 3.09. The molecule has 0 radical (unpaired) electrons. The Hall–Kier alpha value is -4.41. The van der Waals surface area contributed by atoms with Gasteiger partial charge >= 0.3 is 0 Å². The first-order chi connectivity index (χ1) is 22.6. The van der Waals surface area contributed by atoms with E-state index in [2.05, 4.69) is 41.6 Å². The zero-order valence-electron chi connectivity index (χ0n) is 27.8. The lowest BCUT2D eigenvalue weighted by Crippen LogP contribution is -2.47. The van der Waals surface area contributed by atoms with Crippen molar-refractivity contribution >= 4 is 34.8 Å². The maximum absolute atomic E-state index is 13.5. The SMILES string of the molecule is C[C@H]1CN([C@@H](C)CO)C(=O)Cc2cc(NC(=O)CCCCCC(=O)Nc3ccccc3N)ccc2O[C@H]1CN(C)Cc1ccccc1. The minimum Gasteiger partial charge on any atom is -0.488 e. The highest BCUT2D eigenvalue weighted by molar-refractivity contribution is 5.94. The molecule has 10 nitrogen and oxygen atoms in total. The zero-order valence-corrected chi connectivity index (χ0v) is 27.8. The van der Waals surface area contributed by atoms with Gasteiger partial charge in [-0.2, -0.15) is 0 Å². The van der Waals surface area contributed by atoms with Crippen molar-refractivity contribution in [3.63, 3.8) is 0 Å². The van der Waals surface area contributed by atoms with Gasteiger partial charge in [-0.3, -0.25) is 19.3 Å². The van der Waals surface area contributed by atoms with Gasteiger partial charge in [-0.1, -0.05) is 55.8 Å². The second kappa shape index (κ2) is 17.5. The van der Waals surface area contributed by atoms with E-state index in [0.29, 0.717) is 67.1 Å². The molecule has 3 atom stereocenters. The Morgan fingerprint density at radius 3 is 2.38 bits per heavy atom. The van der Waals surface area contributed by atoms with Crippen molar-refractivity contribution in [1.82, 2.24) is 9.80 Å². The van der Waals surface area contributed by atoms with Gasteiger partial charge in [0.25, 0.3) is 0 Å². The predicted octanol–water partition coefficient (Wildman–Crippen LogP) is 5.08. The Balaban J connectivity index is 1.36. The highest BCUT2D eigenvalue weighted by Gasteiger charge is 2.31. The molecule has 0 spiro atoms. The normalized spacial score (nSPS) is 17.1. The van der Waals surface area contributed by atoms with Crippen molar-refractivity contribution in [3.05, 3.63) is 83.9 Å². The van der Waals surface area contributed by atoms with Gasteiger partial charge in [-0.05, 0) is 62.7 Å². The number of aliphatic hydroxyl groups is 1. The van der Waals surface area contributed by atoms with Crippen molar-refractivity contribution in [2.24, 2.45) is 5.92 Å². The molecular formula is C37H49N5O5. The molecule has 3 aromatic carbocycles. The third-order valence-corrected chi connectivity index (χ3v) is 8.53. The number of aliphatic hydroxyl groups excluding tert-OH is 1. The Morgan fingerprint density at radius 1 is 1.00 bits per heavy atom. The molecule has 252 valence electrons. The molecule has 10 heteroatoms. The Bertz CT molecular complexity index is 1480. The Labute approximate surface area is 278 Å². The summed E-state index contributed by atoms with van der Waals surface area (Å²) in [5.74, 6) is 0.289. The van der Waals surface area contributed by atoms with Crippen LogP contribution in [0.4, 0.5) is 17.1 Å². The van der Waals surface area contributed by atoms with Crippen LogP contribution < -0.4 is 21.1 Å². The summed E-state index contributed by atoms with van der Waals surface area (Å²) in [6.07, 6.45) is 2.58. The number of carbonyl (C=O) groups is 3. The molecule has 0 saturated carbocycles. The third-order valence-electron chi connectivity index (χ3n) is 8.53. The summed E-state index contributed by atoms with van der Waals surface area (Å²) >= 11 is 0. The van der Waals surface area contributed by atoms with Crippen LogP contribution in [0.15, 0.2) is 72.8 Å². The Kier molecular flexibility index (Phi) is 13.2. The number of carbonyl (C=O) groups excluding carboxylic acids is 3. The van der Waals surface area contributed by atoms with E-state index >= 15 is 0 Å². The van der Waals surface area contributed by atoms with E-state index in [0.717, 1.165) is 13.0 Å². The van der Waals surface area contributed by atoms with E-state index in [9.17, 15) is 19.5 Å². The highest BCUT2D eigenvalue weighted by Crippen LogP contribution is 2.29. The van der Waals surface area contributed by atoms with E-state index in [1.54, 1.807) is 17.0 Å². The number of hydrogen-bond donors (Lipinski definition) is 4. The van der Waals surface area contributed by atoms with Gasteiger partial charge in [0.2, 0.25) is 17.7 Å². The van der Waals surface area contributed by atoms with Crippen LogP contribution in [0.3, 0.4) is 0 Å². The van der Waals surface area contributed by atoms with E-state index in [-0.39, 0.29) is 48.8 Å². The van der Waals surface area contributed by atoms with Gasteiger partial charge in [0.15, 0.2) is 0 Å². The number of anilines is 3.